The Bertz CT molecular complexity index is 52.7. The summed E-state index contributed by atoms with van der Waals surface area (Å²) in [5.41, 5.74) is 0. The summed E-state index contributed by atoms with van der Waals surface area (Å²) < 4.78 is 34.3. The first-order chi connectivity index (χ1) is 3.55. The van der Waals surface area contributed by atoms with Gasteiger partial charge in [0.1, 0.15) is 0 Å². The Kier molecular flexibility index (Phi) is 2.87. The molecule has 0 aliphatic carbocycles. The third kappa shape index (κ3) is 2.19. The van der Waals surface area contributed by atoms with Gasteiger partial charge in [0.25, 0.3) is 0 Å². The molecule has 0 aromatic carbocycles. The summed E-state index contributed by atoms with van der Waals surface area (Å²) in [6.07, 6.45) is -4.17. The molecular weight excluding hydrogens is 117 g/mol. The first-order valence-corrected chi connectivity index (χ1v) is 2.37. The average Bonchev–Trinajstić information content (AvgIpc) is 1.64. The molecule has 1 atom stereocenters. The van der Waals surface area contributed by atoms with E-state index in [0.29, 0.717) is 0 Å². The summed E-state index contributed by atoms with van der Waals surface area (Å²) in [7, 11) is 0. The molecule has 0 aliphatic heterocycles. The molecule has 0 fully saturated rings. The molecule has 0 saturated carbocycles. The fraction of sp³-hybridized carbons (Fsp3) is 0.800. The minimum Gasteiger partial charge on any atom is -0.240 e. The highest BCUT2D eigenvalue weighted by atomic mass is 19.3. The molecular formula is C5H8F3. The van der Waals surface area contributed by atoms with Crippen LogP contribution in [-0.4, -0.2) is 6.17 Å². The molecule has 0 aromatic rings. The third-order valence-corrected chi connectivity index (χ3v) is 0.794. The second-order valence-corrected chi connectivity index (χ2v) is 1.94. The summed E-state index contributed by atoms with van der Waals surface area (Å²) in [4.78, 5) is 0. The van der Waals surface area contributed by atoms with Crippen LogP contribution in [0.5, 0.6) is 0 Å². The molecule has 0 aliphatic rings. The summed E-state index contributed by atoms with van der Waals surface area (Å²) in [5, 5.41) is 0. The van der Waals surface area contributed by atoms with Gasteiger partial charge in [0.05, 0.1) is 0 Å². The molecule has 0 amide bonds. The lowest BCUT2D eigenvalue weighted by Gasteiger charge is -2.06. The second kappa shape index (κ2) is 2.95. The Hall–Kier alpha value is -0.210. The smallest absolute Gasteiger partial charge is 0.240 e. The standard InChI is InChI=1S/C5H8F3/c1-3(2)4(6)5(7)8/h3-4H,1-2H3. The van der Waals surface area contributed by atoms with Crippen LogP contribution in [0.15, 0.2) is 0 Å². The molecule has 0 rings (SSSR count). The van der Waals surface area contributed by atoms with Gasteiger partial charge in [0.2, 0.25) is 0 Å². The van der Waals surface area contributed by atoms with Crippen molar-refractivity contribution < 1.29 is 13.2 Å². The van der Waals surface area contributed by atoms with Gasteiger partial charge in [-0.15, -0.1) is 0 Å². The van der Waals surface area contributed by atoms with Crippen molar-refractivity contribution in [1.82, 2.24) is 0 Å². The SMILES string of the molecule is CC(C)C(F)[C](F)F. The van der Waals surface area contributed by atoms with Gasteiger partial charge in [-0.1, -0.05) is 13.8 Å². The zero-order chi connectivity index (χ0) is 6.73. The highest BCUT2D eigenvalue weighted by Gasteiger charge is 2.24. The van der Waals surface area contributed by atoms with Crippen molar-refractivity contribution in [3.63, 3.8) is 0 Å². The molecule has 8 heavy (non-hydrogen) atoms. The molecule has 0 bridgehead atoms. The molecule has 0 nitrogen and oxygen atoms in total. The highest BCUT2D eigenvalue weighted by Crippen LogP contribution is 2.20. The monoisotopic (exact) mass is 125 g/mol. The predicted molar refractivity (Wildman–Crippen MR) is 25.2 cm³/mol. The Morgan fingerprint density at radius 1 is 1.25 bits per heavy atom. The molecule has 1 radical (unpaired) electrons. The Labute approximate surface area is 46.7 Å². The minimum absolute atomic E-state index is 0.611. The van der Waals surface area contributed by atoms with Gasteiger partial charge in [-0.2, -0.15) is 8.78 Å². The first-order valence-electron chi connectivity index (χ1n) is 2.37. The molecule has 0 N–H and O–H groups in total. The van der Waals surface area contributed by atoms with Crippen LogP contribution in [0.1, 0.15) is 13.8 Å². The lowest BCUT2D eigenvalue weighted by molar-refractivity contribution is 0.123. The van der Waals surface area contributed by atoms with Crippen LogP contribution in [-0.2, 0) is 0 Å². The van der Waals surface area contributed by atoms with E-state index in [1.54, 1.807) is 0 Å². The summed E-state index contributed by atoms with van der Waals surface area (Å²) in [6.45, 7) is 2.81. The normalized spacial score (nSPS) is 15.4. The highest BCUT2D eigenvalue weighted by molar-refractivity contribution is 4.75. The number of halogens is 3. The van der Waals surface area contributed by atoms with E-state index in [2.05, 4.69) is 0 Å². The predicted octanol–water partition coefficient (Wildman–Crippen LogP) is 2.41. The quantitative estimate of drug-likeness (QED) is 0.531. The van der Waals surface area contributed by atoms with Crippen LogP contribution in [0.3, 0.4) is 0 Å². The van der Waals surface area contributed by atoms with Crippen molar-refractivity contribution in [3.8, 4) is 0 Å². The number of rotatable bonds is 2. The molecule has 0 aromatic heterocycles. The molecule has 0 saturated heterocycles. The van der Waals surface area contributed by atoms with Crippen LogP contribution in [0.4, 0.5) is 13.2 Å². The van der Waals surface area contributed by atoms with E-state index in [4.69, 9.17) is 0 Å². The van der Waals surface area contributed by atoms with Gasteiger partial charge >= 0.3 is 6.43 Å². The zero-order valence-corrected chi connectivity index (χ0v) is 4.79. The van der Waals surface area contributed by atoms with Gasteiger partial charge < -0.3 is 0 Å². The average molecular weight is 125 g/mol. The maximum absolute atomic E-state index is 11.9. The van der Waals surface area contributed by atoms with Crippen molar-refractivity contribution in [2.45, 2.75) is 20.0 Å². The van der Waals surface area contributed by atoms with Crippen LogP contribution >= 0.6 is 0 Å². The third-order valence-electron chi connectivity index (χ3n) is 0.794. The largest absolute Gasteiger partial charge is 0.343 e. The van der Waals surface area contributed by atoms with E-state index < -0.39 is 18.5 Å². The molecule has 3 heteroatoms. The van der Waals surface area contributed by atoms with E-state index in [-0.39, 0.29) is 0 Å². The van der Waals surface area contributed by atoms with Crippen LogP contribution in [0, 0.1) is 12.3 Å². The summed E-state index contributed by atoms with van der Waals surface area (Å²) in [5.74, 6) is -0.611. The number of alkyl halides is 1. The minimum atomic E-state index is -2.12. The van der Waals surface area contributed by atoms with Crippen molar-refractivity contribution >= 4 is 0 Å². The van der Waals surface area contributed by atoms with Crippen LogP contribution < -0.4 is 0 Å². The molecule has 1 unspecified atom stereocenters. The zero-order valence-electron chi connectivity index (χ0n) is 4.79. The van der Waals surface area contributed by atoms with Crippen molar-refractivity contribution in [3.05, 3.63) is 6.43 Å². The van der Waals surface area contributed by atoms with Gasteiger partial charge in [0, 0.05) is 0 Å². The topological polar surface area (TPSA) is 0 Å². The van der Waals surface area contributed by atoms with E-state index in [1.165, 1.54) is 13.8 Å². The fourth-order valence-corrected chi connectivity index (χ4v) is 0.252. The van der Waals surface area contributed by atoms with Gasteiger partial charge in [-0.3, -0.25) is 0 Å². The molecule has 49 valence electrons. The van der Waals surface area contributed by atoms with Crippen molar-refractivity contribution in [2.24, 2.45) is 5.92 Å². The van der Waals surface area contributed by atoms with Gasteiger partial charge in [0.15, 0.2) is 6.17 Å². The van der Waals surface area contributed by atoms with Crippen molar-refractivity contribution in [2.75, 3.05) is 0 Å². The number of hydrogen-bond acceptors (Lipinski definition) is 0. The van der Waals surface area contributed by atoms with Crippen LogP contribution in [0.2, 0.25) is 0 Å². The van der Waals surface area contributed by atoms with Gasteiger partial charge in [-0.05, 0) is 5.92 Å². The Morgan fingerprint density at radius 2 is 1.62 bits per heavy atom. The maximum Gasteiger partial charge on any atom is 0.343 e. The van der Waals surface area contributed by atoms with Crippen LogP contribution in [0.25, 0.3) is 0 Å². The van der Waals surface area contributed by atoms with E-state index >= 15 is 0 Å². The van der Waals surface area contributed by atoms with E-state index in [9.17, 15) is 13.2 Å². The van der Waals surface area contributed by atoms with Crippen molar-refractivity contribution in [1.29, 1.82) is 0 Å². The number of hydrogen-bond donors (Lipinski definition) is 0. The lowest BCUT2D eigenvalue weighted by atomic mass is 10.1. The maximum atomic E-state index is 11.9. The second-order valence-electron chi connectivity index (χ2n) is 1.94. The van der Waals surface area contributed by atoms with Gasteiger partial charge in [-0.25, -0.2) is 4.39 Å². The molecule has 0 heterocycles. The summed E-state index contributed by atoms with van der Waals surface area (Å²) in [6, 6.07) is 0. The Balaban J connectivity index is 3.46. The Morgan fingerprint density at radius 3 is 1.62 bits per heavy atom. The fourth-order valence-electron chi connectivity index (χ4n) is 0.252. The van der Waals surface area contributed by atoms with E-state index in [1.807, 2.05) is 0 Å². The summed E-state index contributed by atoms with van der Waals surface area (Å²) >= 11 is 0. The van der Waals surface area contributed by atoms with E-state index in [0.717, 1.165) is 0 Å². The first kappa shape index (κ1) is 7.79. The lowest BCUT2D eigenvalue weighted by Crippen LogP contribution is -2.12. The molecule has 0 spiro atoms.